The molecular formula is C10H19N3. The molecule has 1 fully saturated rings. The van der Waals surface area contributed by atoms with Gasteiger partial charge in [-0.1, -0.05) is 0 Å². The minimum Gasteiger partial charge on any atom is -0.346 e. The molecule has 74 valence electrons. The van der Waals surface area contributed by atoms with Gasteiger partial charge >= 0.3 is 0 Å². The summed E-state index contributed by atoms with van der Waals surface area (Å²) in [5.41, 5.74) is 0. The second-order valence-electron chi connectivity index (χ2n) is 3.97. The summed E-state index contributed by atoms with van der Waals surface area (Å²) < 4.78 is 0. The van der Waals surface area contributed by atoms with Gasteiger partial charge < -0.3 is 9.80 Å². The van der Waals surface area contributed by atoms with Gasteiger partial charge in [0.05, 0.1) is 0 Å². The Morgan fingerprint density at radius 2 is 2.31 bits per heavy atom. The molecule has 0 saturated heterocycles. The largest absolute Gasteiger partial charge is 0.346 e. The van der Waals surface area contributed by atoms with Crippen LogP contribution in [0.4, 0.5) is 0 Å². The van der Waals surface area contributed by atoms with E-state index in [-0.39, 0.29) is 0 Å². The molecule has 0 spiro atoms. The maximum atomic E-state index is 4.61. The summed E-state index contributed by atoms with van der Waals surface area (Å²) in [6, 6.07) is 0.796. The lowest BCUT2D eigenvalue weighted by atomic mass is 10.3. The summed E-state index contributed by atoms with van der Waals surface area (Å²) >= 11 is 0. The van der Waals surface area contributed by atoms with E-state index in [2.05, 4.69) is 28.8 Å². The Hall–Kier alpha value is -0.730. The van der Waals surface area contributed by atoms with Crippen LogP contribution in [0, 0.1) is 0 Å². The van der Waals surface area contributed by atoms with Crippen molar-refractivity contribution in [3.05, 3.63) is 0 Å². The molecule has 1 heterocycles. The molecule has 0 aromatic rings. The third-order valence-corrected chi connectivity index (χ3v) is 2.83. The molecule has 13 heavy (non-hydrogen) atoms. The Bertz CT molecular complexity index is 208. The molecular weight excluding hydrogens is 162 g/mol. The Labute approximate surface area is 80.4 Å². The molecule has 2 rings (SSSR count). The molecule has 1 aliphatic carbocycles. The maximum Gasteiger partial charge on any atom is 0.196 e. The molecule has 0 bridgehead atoms. The summed E-state index contributed by atoms with van der Waals surface area (Å²) in [5.74, 6) is 1.23. The van der Waals surface area contributed by atoms with Crippen LogP contribution in [0.1, 0.15) is 26.2 Å². The third-order valence-electron chi connectivity index (χ3n) is 2.83. The topological polar surface area (TPSA) is 18.8 Å². The van der Waals surface area contributed by atoms with Gasteiger partial charge in [0.2, 0.25) is 0 Å². The molecule has 0 N–H and O–H groups in total. The molecule has 1 saturated carbocycles. The number of rotatable bonds is 2. The molecule has 1 aliphatic heterocycles. The van der Waals surface area contributed by atoms with Crippen molar-refractivity contribution in [1.29, 1.82) is 0 Å². The van der Waals surface area contributed by atoms with Gasteiger partial charge in [0.15, 0.2) is 5.96 Å². The van der Waals surface area contributed by atoms with Crippen molar-refractivity contribution >= 4 is 5.96 Å². The highest BCUT2D eigenvalue weighted by Crippen LogP contribution is 2.27. The van der Waals surface area contributed by atoms with Crippen molar-refractivity contribution in [3.63, 3.8) is 0 Å². The monoisotopic (exact) mass is 181 g/mol. The first kappa shape index (κ1) is 8.85. The highest BCUT2D eigenvalue weighted by Gasteiger charge is 2.32. The average Bonchev–Trinajstić information content (AvgIpc) is 2.93. The molecule has 0 aromatic heterocycles. The summed E-state index contributed by atoms with van der Waals surface area (Å²) in [7, 11) is 2.16. The van der Waals surface area contributed by atoms with E-state index >= 15 is 0 Å². The van der Waals surface area contributed by atoms with Crippen LogP contribution < -0.4 is 0 Å². The van der Waals surface area contributed by atoms with Crippen molar-refractivity contribution in [2.75, 3.05) is 26.7 Å². The lowest BCUT2D eigenvalue weighted by Gasteiger charge is -2.33. The zero-order valence-electron chi connectivity index (χ0n) is 8.66. The predicted octanol–water partition coefficient (Wildman–Crippen LogP) is 1.16. The molecule has 3 nitrogen and oxygen atoms in total. The fourth-order valence-corrected chi connectivity index (χ4v) is 1.97. The van der Waals surface area contributed by atoms with Crippen LogP contribution in [0.5, 0.6) is 0 Å². The Balaban J connectivity index is 2.06. The fourth-order valence-electron chi connectivity index (χ4n) is 1.97. The van der Waals surface area contributed by atoms with E-state index in [0.717, 1.165) is 19.1 Å². The SMILES string of the molecule is CCN(C1=NCCCN1C)C1CC1. The van der Waals surface area contributed by atoms with Gasteiger partial charge in [0.25, 0.3) is 0 Å². The van der Waals surface area contributed by atoms with Crippen LogP contribution in [-0.2, 0) is 0 Å². The zero-order chi connectivity index (χ0) is 9.26. The summed E-state index contributed by atoms with van der Waals surface area (Å²) in [4.78, 5) is 9.37. The van der Waals surface area contributed by atoms with Gasteiger partial charge in [-0.05, 0) is 26.2 Å². The first-order valence-electron chi connectivity index (χ1n) is 5.35. The highest BCUT2D eigenvalue weighted by molar-refractivity contribution is 5.81. The Morgan fingerprint density at radius 3 is 2.85 bits per heavy atom. The molecule has 0 amide bonds. The predicted molar refractivity (Wildman–Crippen MR) is 55.0 cm³/mol. The number of nitrogens with zero attached hydrogens (tertiary/aromatic N) is 3. The minimum absolute atomic E-state index is 0.796. The normalized spacial score (nSPS) is 22.9. The van der Waals surface area contributed by atoms with Crippen LogP contribution >= 0.6 is 0 Å². The fraction of sp³-hybridized carbons (Fsp3) is 0.900. The molecule has 0 unspecified atom stereocenters. The Kier molecular flexibility index (Phi) is 2.42. The van der Waals surface area contributed by atoms with Gasteiger partial charge in [-0.15, -0.1) is 0 Å². The zero-order valence-corrected chi connectivity index (χ0v) is 8.66. The van der Waals surface area contributed by atoms with E-state index in [4.69, 9.17) is 0 Å². The van der Waals surface area contributed by atoms with Crippen molar-refractivity contribution in [2.24, 2.45) is 4.99 Å². The number of aliphatic imine (C=N–C) groups is 1. The number of hydrogen-bond acceptors (Lipinski definition) is 3. The Morgan fingerprint density at radius 1 is 1.54 bits per heavy atom. The molecule has 2 aliphatic rings. The van der Waals surface area contributed by atoms with Gasteiger partial charge in [0.1, 0.15) is 0 Å². The van der Waals surface area contributed by atoms with Crippen molar-refractivity contribution in [1.82, 2.24) is 9.80 Å². The number of hydrogen-bond donors (Lipinski definition) is 0. The van der Waals surface area contributed by atoms with Crippen molar-refractivity contribution in [2.45, 2.75) is 32.2 Å². The van der Waals surface area contributed by atoms with Crippen LogP contribution in [0.25, 0.3) is 0 Å². The van der Waals surface area contributed by atoms with E-state index in [1.165, 1.54) is 31.8 Å². The summed E-state index contributed by atoms with van der Waals surface area (Å²) in [5, 5.41) is 0. The molecule has 0 aromatic carbocycles. The van der Waals surface area contributed by atoms with Gasteiger partial charge in [0, 0.05) is 32.7 Å². The van der Waals surface area contributed by atoms with E-state index in [1.54, 1.807) is 0 Å². The maximum absolute atomic E-state index is 4.61. The highest BCUT2D eigenvalue weighted by atomic mass is 15.4. The quantitative estimate of drug-likeness (QED) is 0.636. The van der Waals surface area contributed by atoms with E-state index in [9.17, 15) is 0 Å². The van der Waals surface area contributed by atoms with Crippen LogP contribution in [-0.4, -0.2) is 48.5 Å². The number of guanidine groups is 1. The van der Waals surface area contributed by atoms with Crippen LogP contribution in [0.15, 0.2) is 4.99 Å². The molecule has 3 heteroatoms. The first-order chi connectivity index (χ1) is 6.33. The lowest BCUT2D eigenvalue weighted by Crippen LogP contribution is -2.46. The first-order valence-corrected chi connectivity index (χ1v) is 5.35. The summed E-state index contributed by atoms with van der Waals surface area (Å²) in [6.45, 7) is 5.52. The third kappa shape index (κ3) is 1.79. The standard InChI is InChI=1S/C10H19N3/c1-3-13(9-5-6-9)10-11-7-4-8-12(10)2/h9H,3-8H2,1-2H3. The van der Waals surface area contributed by atoms with E-state index in [1.807, 2.05) is 0 Å². The second-order valence-corrected chi connectivity index (χ2v) is 3.97. The second kappa shape index (κ2) is 3.56. The summed E-state index contributed by atoms with van der Waals surface area (Å²) in [6.07, 6.45) is 3.93. The van der Waals surface area contributed by atoms with Gasteiger partial charge in [-0.2, -0.15) is 0 Å². The van der Waals surface area contributed by atoms with Gasteiger partial charge in [-0.25, -0.2) is 0 Å². The van der Waals surface area contributed by atoms with Crippen molar-refractivity contribution in [3.8, 4) is 0 Å². The van der Waals surface area contributed by atoms with E-state index < -0.39 is 0 Å². The average molecular weight is 181 g/mol. The van der Waals surface area contributed by atoms with Crippen LogP contribution in [0.2, 0.25) is 0 Å². The molecule has 0 atom stereocenters. The minimum atomic E-state index is 0.796. The molecule has 0 radical (unpaired) electrons. The van der Waals surface area contributed by atoms with Crippen LogP contribution in [0.3, 0.4) is 0 Å². The van der Waals surface area contributed by atoms with Crippen molar-refractivity contribution < 1.29 is 0 Å². The smallest absolute Gasteiger partial charge is 0.196 e. The lowest BCUT2D eigenvalue weighted by molar-refractivity contribution is 0.332. The van der Waals surface area contributed by atoms with Gasteiger partial charge in [-0.3, -0.25) is 4.99 Å². The van der Waals surface area contributed by atoms with E-state index in [0.29, 0.717) is 0 Å².